The molecule has 0 aliphatic heterocycles. The number of hydrogen-bond donors (Lipinski definition) is 0. The molecule has 0 aliphatic rings. The molecule has 5 heteroatoms. The molecule has 102 valence electrons. The van der Waals surface area contributed by atoms with Gasteiger partial charge >= 0.3 is 0 Å². The fourth-order valence-corrected chi connectivity index (χ4v) is 2.22. The Labute approximate surface area is 123 Å². The fraction of sp³-hybridized carbons (Fsp3) is 0.467. The van der Waals surface area contributed by atoms with Crippen molar-refractivity contribution >= 4 is 26.6 Å². The maximum atomic E-state index is 6.47. The lowest BCUT2D eigenvalue weighted by atomic mass is 9.51. The van der Waals surface area contributed by atoms with Crippen LogP contribution in [0.25, 0.3) is 10.9 Å². The molecule has 0 saturated carbocycles. The van der Waals surface area contributed by atoms with E-state index in [9.17, 15) is 0 Å². The summed E-state index contributed by atoms with van der Waals surface area (Å²) in [6.45, 7) is 4.06. The number of likely N-dealkylation sites (N-methyl/N-ethyl adjacent to an activating group) is 1. The number of fused-ring (bicyclic) bond motifs is 1. The highest BCUT2D eigenvalue weighted by atomic mass is 16.5. The van der Waals surface area contributed by atoms with Gasteiger partial charge in [-0.1, -0.05) is 0 Å². The van der Waals surface area contributed by atoms with Gasteiger partial charge in [-0.25, -0.2) is 0 Å². The molecule has 1 aromatic heterocycles. The maximum Gasteiger partial charge on any atom is 0.119 e. The smallest absolute Gasteiger partial charge is 0.119 e. The SMILES string of the molecule is [B]C([B])(n1ccc2cc(OC)ccc21)C(C)(C)N(C)C. The molecule has 1 heterocycles. The van der Waals surface area contributed by atoms with Crippen LogP contribution in [-0.4, -0.2) is 51.9 Å². The average Bonchev–Trinajstić information content (AvgIpc) is 2.81. The van der Waals surface area contributed by atoms with Crippen LogP contribution in [0.5, 0.6) is 5.75 Å². The molecule has 0 N–H and O–H groups in total. The zero-order chi connectivity index (χ0) is 15.1. The van der Waals surface area contributed by atoms with Crippen molar-refractivity contribution in [2.45, 2.75) is 24.7 Å². The molecule has 2 aromatic rings. The first-order valence-electron chi connectivity index (χ1n) is 6.62. The van der Waals surface area contributed by atoms with Gasteiger partial charge < -0.3 is 14.2 Å². The topological polar surface area (TPSA) is 17.4 Å². The summed E-state index contributed by atoms with van der Waals surface area (Å²) in [5.41, 5.74) is 0.574. The van der Waals surface area contributed by atoms with Gasteiger partial charge in [0.05, 0.1) is 22.8 Å². The average molecular weight is 266 g/mol. The van der Waals surface area contributed by atoms with Crippen molar-refractivity contribution < 1.29 is 4.74 Å². The normalized spacial score (nSPS) is 13.1. The van der Waals surface area contributed by atoms with E-state index in [2.05, 4.69) is 0 Å². The van der Waals surface area contributed by atoms with E-state index in [0.717, 1.165) is 16.7 Å². The van der Waals surface area contributed by atoms with E-state index in [4.69, 9.17) is 20.4 Å². The molecule has 4 radical (unpaired) electrons. The Hall–Kier alpha value is -1.35. The minimum Gasteiger partial charge on any atom is -0.497 e. The van der Waals surface area contributed by atoms with Crippen LogP contribution in [0.4, 0.5) is 0 Å². The number of aromatic nitrogens is 1. The van der Waals surface area contributed by atoms with E-state index in [1.165, 1.54) is 0 Å². The summed E-state index contributed by atoms with van der Waals surface area (Å²) in [5.74, 6) is 0.821. The minimum absolute atomic E-state index is 0.418. The fourth-order valence-electron chi connectivity index (χ4n) is 2.22. The lowest BCUT2D eigenvalue weighted by Gasteiger charge is -2.49. The highest BCUT2D eigenvalue weighted by molar-refractivity contribution is 6.39. The Bertz CT molecular complexity index is 617. The lowest BCUT2D eigenvalue weighted by Crippen LogP contribution is -2.60. The number of nitrogens with zero attached hydrogens (tertiary/aromatic N) is 2. The quantitative estimate of drug-likeness (QED) is 0.787. The summed E-state index contributed by atoms with van der Waals surface area (Å²) in [4.78, 5) is 2.03. The van der Waals surface area contributed by atoms with Crippen molar-refractivity contribution in [2.75, 3.05) is 21.2 Å². The van der Waals surface area contributed by atoms with Crippen molar-refractivity contribution in [3.63, 3.8) is 0 Å². The summed E-state index contributed by atoms with van der Waals surface area (Å²) >= 11 is 0. The maximum absolute atomic E-state index is 6.47. The van der Waals surface area contributed by atoms with E-state index in [1.807, 2.05) is 67.9 Å². The van der Waals surface area contributed by atoms with Gasteiger partial charge in [0.1, 0.15) is 5.75 Å². The second-order valence-corrected chi connectivity index (χ2v) is 5.89. The lowest BCUT2D eigenvalue weighted by molar-refractivity contribution is 0.141. The zero-order valence-electron chi connectivity index (χ0n) is 12.8. The first-order valence-corrected chi connectivity index (χ1v) is 6.62. The van der Waals surface area contributed by atoms with E-state index < -0.39 is 10.9 Å². The molecule has 0 aliphatic carbocycles. The molecule has 0 atom stereocenters. The van der Waals surface area contributed by atoms with Crippen molar-refractivity contribution in [3.8, 4) is 5.75 Å². The molecule has 20 heavy (non-hydrogen) atoms. The van der Waals surface area contributed by atoms with Gasteiger partial charge in [-0.2, -0.15) is 0 Å². The van der Waals surface area contributed by atoms with Gasteiger partial charge in [-0.3, -0.25) is 0 Å². The van der Waals surface area contributed by atoms with Crippen molar-refractivity contribution in [1.29, 1.82) is 0 Å². The van der Waals surface area contributed by atoms with Crippen LogP contribution in [0.2, 0.25) is 0 Å². The number of hydrogen-bond acceptors (Lipinski definition) is 2. The third kappa shape index (κ3) is 2.14. The Morgan fingerprint density at radius 1 is 1.15 bits per heavy atom. The number of methoxy groups -OCH3 is 1. The van der Waals surface area contributed by atoms with Crippen LogP contribution in [0.3, 0.4) is 0 Å². The van der Waals surface area contributed by atoms with Crippen molar-refractivity contribution in [2.24, 2.45) is 0 Å². The molecule has 0 spiro atoms. The zero-order valence-corrected chi connectivity index (χ0v) is 12.8. The Morgan fingerprint density at radius 2 is 1.80 bits per heavy atom. The highest BCUT2D eigenvalue weighted by Gasteiger charge is 2.39. The molecule has 0 fully saturated rings. The van der Waals surface area contributed by atoms with Crippen LogP contribution in [-0.2, 0) is 5.34 Å². The Kier molecular flexibility index (Phi) is 3.67. The molecular formula is C15H20B2N2O. The van der Waals surface area contributed by atoms with E-state index in [-0.39, 0.29) is 0 Å². The second kappa shape index (κ2) is 4.88. The van der Waals surface area contributed by atoms with Gasteiger partial charge in [0.25, 0.3) is 0 Å². The van der Waals surface area contributed by atoms with Crippen LogP contribution >= 0.6 is 0 Å². The summed E-state index contributed by atoms with van der Waals surface area (Å²) < 4.78 is 7.16. The Morgan fingerprint density at radius 3 is 2.35 bits per heavy atom. The number of ether oxygens (including phenoxy) is 1. The van der Waals surface area contributed by atoms with Crippen LogP contribution in [0, 0.1) is 0 Å². The van der Waals surface area contributed by atoms with Gasteiger partial charge in [0.2, 0.25) is 0 Å². The van der Waals surface area contributed by atoms with Gasteiger partial charge in [-0.05, 0) is 57.5 Å². The first kappa shape index (κ1) is 15.0. The predicted octanol–water partition coefficient (Wildman–Crippen LogP) is 1.94. The monoisotopic (exact) mass is 266 g/mol. The standard InChI is InChI=1S/C15H20B2N2O/c1-14(2,18(3)4)15(16,17)19-9-8-11-10-12(20-5)6-7-13(11)19/h6-10H,1-5H3. The highest BCUT2D eigenvalue weighted by Crippen LogP contribution is 2.32. The molecule has 3 nitrogen and oxygen atoms in total. The largest absolute Gasteiger partial charge is 0.497 e. The summed E-state index contributed by atoms with van der Waals surface area (Å²) in [7, 11) is 18.5. The van der Waals surface area contributed by atoms with Gasteiger partial charge in [-0.15, -0.1) is 0 Å². The van der Waals surface area contributed by atoms with E-state index in [0.29, 0.717) is 0 Å². The molecule has 1 aromatic carbocycles. The number of benzene rings is 1. The van der Waals surface area contributed by atoms with Gasteiger partial charge in [0.15, 0.2) is 0 Å². The van der Waals surface area contributed by atoms with Crippen LogP contribution in [0.15, 0.2) is 30.5 Å². The summed E-state index contributed by atoms with van der Waals surface area (Å²) in [6.07, 6.45) is 1.93. The second-order valence-electron chi connectivity index (χ2n) is 5.89. The molecule has 0 saturated heterocycles. The van der Waals surface area contributed by atoms with Crippen LogP contribution in [0.1, 0.15) is 13.8 Å². The van der Waals surface area contributed by atoms with E-state index >= 15 is 0 Å². The third-order valence-electron chi connectivity index (χ3n) is 4.39. The first-order chi connectivity index (χ1) is 9.21. The van der Waals surface area contributed by atoms with Crippen LogP contribution < -0.4 is 4.74 Å². The molecule has 2 rings (SSSR count). The predicted molar refractivity (Wildman–Crippen MR) is 85.7 cm³/mol. The van der Waals surface area contributed by atoms with Crippen molar-refractivity contribution in [1.82, 2.24) is 9.47 Å². The third-order valence-corrected chi connectivity index (χ3v) is 4.39. The molecule has 0 bridgehead atoms. The van der Waals surface area contributed by atoms with E-state index in [1.54, 1.807) is 7.11 Å². The summed E-state index contributed by atoms with van der Waals surface area (Å²) in [6, 6.07) is 7.87. The Balaban J connectivity index is 2.58. The van der Waals surface area contributed by atoms with Crippen molar-refractivity contribution in [3.05, 3.63) is 30.5 Å². The minimum atomic E-state index is -1.03. The molecule has 0 unspecified atom stereocenters. The number of rotatable bonds is 4. The summed E-state index contributed by atoms with van der Waals surface area (Å²) in [5, 5.41) is 0.0199. The molecular weight excluding hydrogens is 246 g/mol. The molecule has 0 amide bonds. The van der Waals surface area contributed by atoms with Gasteiger partial charge in [0, 0.05) is 22.6 Å².